The number of aromatic nitrogens is 4. The summed E-state index contributed by atoms with van der Waals surface area (Å²) in [5.41, 5.74) is -2.26. The van der Waals surface area contributed by atoms with Gasteiger partial charge in [-0.15, -0.1) is 0 Å². The Morgan fingerprint density at radius 3 is 2.52 bits per heavy atom. The third-order valence-corrected chi connectivity index (χ3v) is 8.14. The van der Waals surface area contributed by atoms with Crippen molar-refractivity contribution >= 4 is 28.6 Å². The number of benzene rings is 3. The van der Waals surface area contributed by atoms with Gasteiger partial charge in [0.2, 0.25) is 0 Å². The van der Waals surface area contributed by atoms with Crippen LogP contribution in [0.1, 0.15) is 47.2 Å². The van der Waals surface area contributed by atoms with E-state index in [2.05, 4.69) is 15.0 Å². The van der Waals surface area contributed by atoms with Gasteiger partial charge in [0.15, 0.2) is 17.5 Å². The van der Waals surface area contributed by atoms with Gasteiger partial charge in [0.25, 0.3) is 0 Å². The van der Waals surface area contributed by atoms with Crippen LogP contribution in [-0.4, -0.2) is 43.8 Å². The predicted octanol–water partition coefficient (Wildman–Crippen LogP) is 7.31. The van der Waals surface area contributed by atoms with Crippen molar-refractivity contribution < 1.29 is 41.3 Å². The molecular formula is C32H24ClF5N4O4. The SMILES string of the molecule is CC1(C)COC[C@H]1n1c(Cc2c(F)cc(-c3ccnc(OCc4ccc(Cl)cc4F)n3)c(F)c2F)nc2c(F)cc(C(=O)O)cc21. The van der Waals surface area contributed by atoms with E-state index in [0.29, 0.717) is 6.61 Å². The molecule has 0 unspecified atom stereocenters. The summed E-state index contributed by atoms with van der Waals surface area (Å²) in [5.74, 6) is -7.03. The van der Waals surface area contributed by atoms with E-state index < -0.39 is 64.1 Å². The first-order chi connectivity index (χ1) is 21.8. The molecule has 14 heteroatoms. The van der Waals surface area contributed by atoms with Gasteiger partial charge in [0.05, 0.1) is 36.0 Å². The van der Waals surface area contributed by atoms with E-state index in [4.69, 9.17) is 21.1 Å². The largest absolute Gasteiger partial charge is 0.478 e. The minimum Gasteiger partial charge on any atom is -0.478 e. The van der Waals surface area contributed by atoms with Crippen molar-refractivity contribution in [2.75, 3.05) is 13.2 Å². The van der Waals surface area contributed by atoms with Crippen molar-refractivity contribution in [2.45, 2.75) is 32.9 Å². The molecule has 3 aromatic carbocycles. The zero-order valence-corrected chi connectivity index (χ0v) is 25.0. The van der Waals surface area contributed by atoms with Crippen LogP contribution in [0.15, 0.2) is 48.7 Å². The highest BCUT2D eigenvalue weighted by molar-refractivity contribution is 6.30. The molecular weight excluding hydrogens is 635 g/mol. The Hall–Kier alpha value is -4.62. The average molecular weight is 659 g/mol. The summed E-state index contributed by atoms with van der Waals surface area (Å²) in [7, 11) is 0. The zero-order chi connectivity index (χ0) is 32.9. The van der Waals surface area contributed by atoms with Crippen molar-refractivity contribution in [1.82, 2.24) is 19.5 Å². The van der Waals surface area contributed by atoms with Gasteiger partial charge in [-0.1, -0.05) is 31.5 Å². The van der Waals surface area contributed by atoms with Crippen LogP contribution in [0.5, 0.6) is 6.01 Å². The minimum atomic E-state index is -1.52. The van der Waals surface area contributed by atoms with Crippen molar-refractivity contribution in [3.05, 3.63) is 105 Å². The van der Waals surface area contributed by atoms with Crippen LogP contribution in [0.2, 0.25) is 5.02 Å². The molecule has 238 valence electrons. The number of halogens is 6. The normalized spacial score (nSPS) is 15.9. The quantitative estimate of drug-likeness (QED) is 0.138. The molecule has 5 aromatic rings. The Morgan fingerprint density at radius 1 is 1.04 bits per heavy atom. The highest BCUT2D eigenvalue weighted by Crippen LogP contribution is 2.41. The van der Waals surface area contributed by atoms with E-state index in [9.17, 15) is 14.3 Å². The molecule has 2 aromatic heterocycles. The topological polar surface area (TPSA) is 99.4 Å². The molecule has 0 saturated carbocycles. The molecule has 1 aliphatic heterocycles. The van der Waals surface area contributed by atoms with Crippen LogP contribution in [0.3, 0.4) is 0 Å². The van der Waals surface area contributed by atoms with Crippen LogP contribution in [0, 0.1) is 34.5 Å². The number of aromatic carboxylic acids is 1. The first-order valence-electron chi connectivity index (χ1n) is 13.9. The molecule has 6 rings (SSSR count). The predicted molar refractivity (Wildman–Crippen MR) is 156 cm³/mol. The van der Waals surface area contributed by atoms with Crippen LogP contribution in [0.25, 0.3) is 22.3 Å². The maximum Gasteiger partial charge on any atom is 0.335 e. The summed E-state index contributed by atoms with van der Waals surface area (Å²) in [6, 6.07) is 7.18. The number of carboxylic acids is 1. The summed E-state index contributed by atoms with van der Waals surface area (Å²) in [6.07, 6.45) is 0.593. The summed E-state index contributed by atoms with van der Waals surface area (Å²) in [4.78, 5) is 23.9. The molecule has 0 radical (unpaired) electrons. The summed E-state index contributed by atoms with van der Waals surface area (Å²) in [6.45, 7) is 3.90. The van der Waals surface area contributed by atoms with Crippen molar-refractivity contribution in [2.24, 2.45) is 5.41 Å². The van der Waals surface area contributed by atoms with E-state index in [1.54, 1.807) is 0 Å². The maximum absolute atomic E-state index is 15.7. The fourth-order valence-electron chi connectivity index (χ4n) is 5.46. The number of carboxylic acid groups (broad SMARTS) is 1. The van der Waals surface area contributed by atoms with Gasteiger partial charge in [-0.3, -0.25) is 0 Å². The number of hydrogen-bond donors (Lipinski definition) is 1. The molecule has 46 heavy (non-hydrogen) atoms. The fraction of sp³-hybridized carbons (Fsp3) is 0.250. The molecule has 3 heterocycles. The smallest absolute Gasteiger partial charge is 0.335 e. The third kappa shape index (κ3) is 5.76. The number of ether oxygens (including phenoxy) is 2. The highest BCUT2D eigenvalue weighted by Gasteiger charge is 2.39. The summed E-state index contributed by atoms with van der Waals surface area (Å²) >= 11 is 5.76. The lowest BCUT2D eigenvalue weighted by Crippen LogP contribution is -2.27. The highest BCUT2D eigenvalue weighted by atomic mass is 35.5. The molecule has 1 fully saturated rings. The maximum atomic E-state index is 15.7. The standard InChI is InChI=1S/C32H24ClF5N4O4/c1-32(2)14-45-13-25(32)42-24-8-16(30(43)44)7-22(36)29(24)41-26(42)11-18-21(35)10-19(28(38)27(18)37)23-5-6-39-31(40-23)46-12-15-3-4-17(33)9-20(15)34/h3-10,25H,11-14H2,1-2H3,(H,43,44)/t25-/m1/s1. The molecule has 0 amide bonds. The monoisotopic (exact) mass is 658 g/mol. The van der Waals surface area contributed by atoms with E-state index in [0.717, 1.165) is 18.2 Å². The number of nitrogens with zero attached hydrogens (tertiary/aromatic N) is 4. The van der Waals surface area contributed by atoms with Gasteiger partial charge in [-0.05, 0) is 36.4 Å². The Bertz CT molecular complexity index is 2020. The van der Waals surface area contributed by atoms with Gasteiger partial charge in [-0.2, -0.15) is 4.98 Å². The molecule has 1 atom stereocenters. The van der Waals surface area contributed by atoms with E-state index >= 15 is 17.6 Å². The molecule has 1 N–H and O–H groups in total. The van der Waals surface area contributed by atoms with Gasteiger partial charge < -0.3 is 19.1 Å². The van der Waals surface area contributed by atoms with Gasteiger partial charge >= 0.3 is 12.0 Å². The molecule has 0 spiro atoms. The molecule has 0 aliphatic carbocycles. The van der Waals surface area contributed by atoms with Crippen LogP contribution in [-0.2, 0) is 17.8 Å². The first kappa shape index (κ1) is 31.4. The number of fused-ring (bicyclic) bond motifs is 1. The van der Waals surface area contributed by atoms with E-state index in [1.165, 1.54) is 35.0 Å². The van der Waals surface area contributed by atoms with Crippen LogP contribution in [0.4, 0.5) is 22.0 Å². The number of imidazole rings is 1. The van der Waals surface area contributed by atoms with E-state index in [1.807, 2.05) is 13.8 Å². The van der Waals surface area contributed by atoms with E-state index in [-0.39, 0.29) is 57.9 Å². The van der Waals surface area contributed by atoms with Crippen LogP contribution < -0.4 is 4.74 Å². The Balaban J connectivity index is 1.37. The Kier molecular flexibility index (Phi) is 8.15. The van der Waals surface area contributed by atoms with Gasteiger partial charge in [0, 0.05) is 39.7 Å². The Morgan fingerprint density at radius 2 is 1.83 bits per heavy atom. The lowest BCUT2D eigenvalue weighted by atomic mass is 9.87. The lowest BCUT2D eigenvalue weighted by Gasteiger charge is -2.28. The Labute approximate surface area is 263 Å². The average Bonchev–Trinajstić information content (AvgIpc) is 3.54. The number of hydrogen-bond acceptors (Lipinski definition) is 6. The molecule has 1 aliphatic rings. The van der Waals surface area contributed by atoms with Gasteiger partial charge in [-0.25, -0.2) is 36.7 Å². The van der Waals surface area contributed by atoms with Crippen LogP contribution >= 0.6 is 11.6 Å². The summed E-state index contributed by atoms with van der Waals surface area (Å²) in [5, 5.41) is 9.70. The van der Waals surface area contributed by atoms with Crippen molar-refractivity contribution in [3.8, 4) is 17.3 Å². The zero-order valence-electron chi connectivity index (χ0n) is 24.3. The first-order valence-corrected chi connectivity index (χ1v) is 14.3. The molecule has 0 bridgehead atoms. The second-order valence-corrected chi connectivity index (χ2v) is 11.9. The third-order valence-electron chi connectivity index (χ3n) is 7.90. The summed E-state index contributed by atoms with van der Waals surface area (Å²) < 4.78 is 88.6. The second kappa shape index (κ2) is 12.0. The van der Waals surface area contributed by atoms with Crippen molar-refractivity contribution in [1.29, 1.82) is 0 Å². The second-order valence-electron chi connectivity index (χ2n) is 11.5. The lowest BCUT2D eigenvalue weighted by molar-refractivity contribution is 0.0696. The number of rotatable bonds is 8. The number of carbonyl (C=O) groups is 1. The fourth-order valence-corrected chi connectivity index (χ4v) is 5.62. The molecule has 8 nitrogen and oxygen atoms in total. The minimum absolute atomic E-state index is 0.0166. The van der Waals surface area contributed by atoms with Gasteiger partial charge in [0.1, 0.15) is 29.6 Å². The molecule has 1 saturated heterocycles. The van der Waals surface area contributed by atoms with Crippen molar-refractivity contribution in [3.63, 3.8) is 0 Å².